The number of ether oxygens (including phenoxy) is 2. The van der Waals surface area contributed by atoms with Crippen LogP contribution in [0, 0.1) is 0 Å². The predicted molar refractivity (Wildman–Crippen MR) is 227 cm³/mol. The minimum absolute atomic E-state index is 0.106. The summed E-state index contributed by atoms with van der Waals surface area (Å²) in [7, 11) is -9.69. The number of hydrogen-bond donors (Lipinski definition) is 5. The van der Waals surface area contributed by atoms with E-state index >= 15 is 0 Å². The standard InChI is InChI=1S/C42H76O14P2/c1-3-5-6-7-8-9-10-13-18-21-24-27-30-33-42(46)56-40(37-55-58(50,51)54-35-39(44)34-53-57(47,48)49)36-52-41(45)32-29-26-23-20-17-15-12-11-14-16-19-22-25-28-31-38(43)4-2/h12,14-16,20,22-23,25,38-40,43-44H,3-11,13,17-19,21,24,26-37H2,1-2H3,(H,50,51)(H2,47,48,49)/b15-12-,16-14-,23-20-,25-22-/t38-,39-,40+/m0/s1. The molecule has 0 aromatic carbocycles. The molecule has 4 atom stereocenters. The van der Waals surface area contributed by atoms with E-state index in [1.807, 2.05) is 19.1 Å². The molecule has 1 unspecified atom stereocenters. The molecule has 0 amide bonds. The summed E-state index contributed by atoms with van der Waals surface area (Å²) in [5.41, 5.74) is 0. The average molecular weight is 867 g/mol. The van der Waals surface area contributed by atoms with Gasteiger partial charge in [-0.25, -0.2) is 9.13 Å². The Bertz CT molecular complexity index is 1230. The molecule has 0 rings (SSSR count). The summed E-state index contributed by atoms with van der Waals surface area (Å²) in [5, 5.41) is 19.3. The van der Waals surface area contributed by atoms with Crippen molar-refractivity contribution in [2.75, 3.05) is 26.4 Å². The van der Waals surface area contributed by atoms with Crippen LogP contribution in [-0.2, 0) is 41.8 Å². The Kier molecular flexibility index (Phi) is 36.7. The Balaban J connectivity index is 4.61. The fourth-order valence-corrected chi connectivity index (χ4v) is 6.59. The molecule has 0 aliphatic rings. The summed E-state index contributed by atoms with van der Waals surface area (Å²) in [6.45, 7) is 1.41. The Labute approximate surface area is 348 Å². The van der Waals surface area contributed by atoms with Crippen molar-refractivity contribution in [1.29, 1.82) is 0 Å². The van der Waals surface area contributed by atoms with Crippen LogP contribution in [-0.4, -0.2) is 81.6 Å². The molecule has 0 aromatic heterocycles. The largest absolute Gasteiger partial charge is 0.472 e. The normalized spacial score (nSPS) is 15.1. The van der Waals surface area contributed by atoms with E-state index in [1.165, 1.54) is 57.8 Å². The van der Waals surface area contributed by atoms with Gasteiger partial charge in [0.1, 0.15) is 12.7 Å². The average Bonchev–Trinajstić information content (AvgIpc) is 3.18. The quantitative estimate of drug-likeness (QED) is 0.0168. The molecule has 14 nitrogen and oxygen atoms in total. The first kappa shape index (κ1) is 56.0. The minimum Gasteiger partial charge on any atom is -0.462 e. The molecule has 0 aliphatic heterocycles. The molecule has 0 saturated carbocycles. The number of carbonyl (C=O) groups excluding carboxylic acids is 2. The van der Waals surface area contributed by atoms with E-state index in [1.54, 1.807) is 0 Å². The van der Waals surface area contributed by atoms with Crippen molar-refractivity contribution < 1.29 is 66.7 Å². The highest BCUT2D eigenvalue weighted by molar-refractivity contribution is 7.47. The number of phosphoric acid groups is 2. The summed E-state index contributed by atoms with van der Waals surface area (Å²) in [6, 6.07) is 0. The molecular weight excluding hydrogens is 790 g/mol. The maximum Gasteiger partial charge on any atom is 0.472 e. The van der Waals surface area contributed by atoms with E-state index < -0.39 is 66.2 Å². The maximum atomic E-state index is 12.6. The van der Waals surface area contributed by atoms with Crippen LogP contribution in [0.4, 0.5) is 0 Å². The smallest absolute Gasteiger partial charge is 0.462 e. The van der Waals surface area contributed by atoms with Crippen molar-refractivity contribution in [3.8, 4) is 0 Å². The van der Waals surface area contributed by atoms with Crippen LogP contribution in [0.15, 0.2) is 48.6 Å². The van der Waals surface area contributed by atoms with Crippen molar-refractivity contribution >= 4 is 27.6 Å². The van der Waals surface area contributed by atoms with Gasteiger partial charge < -0.3 is 34.4 Å². The molecule has 0 saturated heterocycles. The van der Waals surface area contributed by atoms with Gasteiger partial charge in [-0.2, -0.15) is 0 Å². The van der Waals surface area contributed by atoms with Gasteiger partial charge in [0.05, 0.1) is 25.9 Å². The van der Waals surface area contributed by atoms with E-state index in [0.717, 1.165) is 57.8 Å². The number of aliphatic hydroxyl groups excluding tert-OH is 2. The van der Waals surface area contributed by atoms with Gasteiger partial charge in [-0.3, -0.25) is 23.2 Å². The number of unbranched alkanes of at least 4 members (excludes halogenated alkanes) is 13. The first-order chi connectivity index (χ1) is 27.8. The first-order valence-corrected chi connectivity index (χ1v) is 24.4. The lowest BCUT2D eigenvalue weighted by atomic mass is 10.0. The fourth-order valence-electron chi connectivity index (χ4n) is 5.44. The molecule has 0 spiro atoms. The van der Waals surface area contributed by atoms with Crippen molar-refractivity contribution in [1.82, 2.24) is 0 Å². The van der Waals surface area contributed by atoms with E-state index in [4.69, 9.17) is 23.8 Å². The van der Waals surface area contributed by atoms with Crippen LogP contribution in [0.2, 0.25) is 0 Å². The lowest BCUT2D eigenvalue weighted by Gasteiger charge is -2.20. The molecule has 0 radical (unpaired) electrons. The summed E-state index contributed by atoms with van der Waals surface area (Å²) in [4.78, 5) is 52.6. The third kappa shape index (κ3) is 40.8. The van der Waals surface area contributed by atoms with E-state index in [9.17, 15) is 33.8 Å². The number of aliphatic hydroxyl groups is 2. The maximum absolute atomic E-state index is 12.6. The molecule has 58 heavy (non-hydrogen) atoms. The van der Waals surface area contributed by atoms with Gasteiger partial charge in [-0.15, -0.1) is 0 Å². The zero-order valence-corrected chi connectivity index (χ0v) is 37.0. The summed E-state index contributed by atoms with van der Waals surface area (Å²) < 4.78 is 47.6. The Morgan fingerprint density at radius 1 is 0.534 bits per heavy atom. The molecule has 338 valence electrons. The highest BCUT2D eigenvalue weighted by atomic mass is 31.2. The predicted octanol–water partition coefficient (Wildman–Crippen LogP) is 9.64. The van der Waals surface area contributed by atoms with Crippen LogP contribution in [0.5, 0.6) is 0 Å². The van der Waals surface area contributed by atoms with E-state index in [-0.39, 0.29) is 18.9 Å². The second kappa shape index (κ2) is 38.0. The lowest BCUT2D eigenvalue weighted by Crippen LogP contribution is -2.30. The molecular formula is C42H76O14P2. The van der Waals surface area contributed by atoms with Crippen molar-refractivity contribution in [2.45, 2.75) is 180 Å². The van der Waals surface area contributed by atoms with E-state index in [2.05, 4.69) is 52.4 Å². The van der Waals surface area contributed by atoms with Crippen molar-refractivity contribution in [3.05, 3.63) is 48.6 Å². The molecule has 0 fully saturated rings. The van der Waals surface area contributed by atoms with Crippen LogP contribution in [0.3, 0.4) is 0 Å². The Morgan fingerprint density at radius 2 is 1.00 bits per heavy atom. The summed E-state index contributed by atoms with van der Waals surface area (Å²) in [6.07, 6.45) is 34.8. The van der Waals surface area contributed by atoms with Crippen LogP contribution < -0.4 is 0 Å². The van der Waals surface area contributed by atoms with Gasteiger partial charge in [0.2, 0.25) is 0 Å². The van der Waals surface area contributed by atoms with Crippen molar-refractivity contribution in [3.63, 3.8) is 0 Å². The van der Waals surface area contributed by atoms with Gasteiger partial charge in [-0.1, -0.05) is 140 Å². The van der Waals surface area contributed by atoms with Gasteiger partial charge in [0.15, 0.2) is 6.10 Å². The van der Waals surface area contributed by atoms with Gasteiger partial charge >= 0.3 is 27.6 Å². The zero-order chi connectivity index (χ0) is 43.2. The van der Waals surface area contributed by atoms with Crippen LogP contribution >= 0.6 is 15.6 Å². The third-order valence-electron chi connectivity index (χ3n) is 8.87. The van der Waals surface area contributed by atoms with Gasteiger partial charge in [0, 0.05) is 12.8 Å². The van der Waals surface area contributed by atoms with Gasteiger partial charge in [0.25, 0.3) is 0 Å². The fraction of sp³-hybridized carbons (Fsp3) is 0.762. The number of carbonyl (C=O) groups is 2. The number of phosphoric ester groups is 2. The highest BCUT2D eigenvalue weighted by Crippen LogP contribution is 2.43. The SMILES string of the molecule is CCCCCCCCCCCCCCCC(=O)O[C@H](COC(=O)CCC/C=C\C/C=C\C/C=C\C/C=C\CC[C@@H](O)CC)COP(=O)(O)OC[C@@H](O)COP(=O)(O)O. The van der Waals surface area contributed by atoms with Crippen LogP contribution in [0.25, 0.3) is 0 Å². The molecule has 16 heteroatoms. The Hall–Kier alpha value is -1.96. The summed E-state index contributed by atoms with van der Waals surface area (Å²) >= 11 is 0. The zero-order valence-electron chi connectivity index (χ0n) is 35.2. The molecule has 0 heterocycles. The minimum atomic E-state index is -4.87. The second-order valence-electron chi connectivity index (χ2n) is 14.4. The summed E-state index contributed by atoms with van der Waals surface area (Å²) in [5.74, 6) is -1.11. The highest BCUT2D eigenvalue weighted by Gasteiger charge is 2.28. The molecule has 0 aromatic rings. The number of hydrogen-bond acceptors (Lipinski definition) is 11. The number of rotatable bonds is 40. The topological polar surface area (TPSA) is 216 Å². The number of esters is 2. The Morgan fingerprint density at radius 3 is 1.53 bits per heavy atom. The molecule has 5 N–H and O–H groups in total. The van der Waals surface area contributed by atoms with Crippen molar-refractivity contribution in [2.24, 2.45) is 0 Å². The molecule has 0 bridgehead atoms. The lowest BCUT2D eigenvalue weighted by molar-refractivity contribution is -0.161. The van der Waals surface area contributed by atoms with Gasteiger partial charge in [-0.05, 0) is 57.8 Å². The third-order valence-corrected chi connectivity index (χ3v) is 10.3. The van der Waals surface area contributed by atoms with E-state index in [0.29, 0.717) is 19.3 Å². The molecule has 0 aliphatic carbocycles. The first-order valence-electron chi connectivity index (χ1n) is 21.4. The number of allylic oxidation sites excluding steroid dienone is 8. The second-order valence-corrected chi connectivity index (χ2v) is 17.1. The van der Waals surface area contributed by atoms with Crippen LogP contribution in [0.1, 0.15) is 162 Å². The monoisotopic (exact) mass is 866 g/mol.